The number of para-hydroxylation sites is 1. The topological polar surface area (TPSA) is 25.2 Å². The monoisotopic (exact) mass is 545 g/mol. The van der Waals surface area contributed by atoms with Crippen LogP contribution < -0.4 is 5.32 Å². The molecule has 0 bridgehead atoms. The van der Waals surface area contributed by atoms with Crippen molar-refractivity contribution in [2.75, 3.05) is 5.32 Å². The third-order valence-corrected chi connectivity index (χ3v) is 7.58. The molecular formula is C34H28BrNO. The Kier molecular flexibility index (Phi) is 5.89. The minimum absolute atomic E-state index is 0.122. The summed E-state index contributed by atoms with van der Waals surface area (Å²) < 4.78 is 7.51. The van der Waals surface area contributed by atoms with Crippen LogP contribution in [0, 0.1) is 0 Å². The summed E-state index contributed by atoms with van der Waals surface area (Å²) in [5, 5.41) is 5.83. The molecule has 0 aliphatic heterocycles. The highest BCUT2D eigenvalue weighted by atomic mass is 79.9. The second-order valence-corrected chi connectivity index (χ2v) is 11.3. The van der Waals surface area contributed by atoms with Crippen LogP contribution in [0.3, 0.4) is 0 Å². The third kappa shape index (κ3) is 4.45. The number of halogens is 1. The first kappa shape index (κ1) is 23.6. The van der Waals surface area contributed by atoms with Gasteiger partial charge in [-0.15, -0.1) is 0 Å². The van der Waals surface area contributed by atoms with Gasteiger partial charge in [0.05, 0.1) is 5.69 Å². The second kappa shape index (κ2) is 9.24. The van der Waals surface area contributed by atoms with Crippen molar-refractivity contribution < 1.29 is 4.42 Å². The molecule has 0 radical (unpaired) electrons. The number of anilines is 2. The lowest BCUT2D eigenvalue weighted by atomic mass is 9.87. The highest BCUT2D eigenvalue weighted by Crippen LogP contribution is 2.42. The standard InChI is InChI=1S/C34H28BrNO/c1-34(2,3)24-14-16-25(17-15-24)36-30-20-19-27(32-28-11-7-8-12-31(28)37-33(30)32)23-13-18-26(29(35)21-23)22-9-5-4-6-10-22/h4-21,36H,1-3H3. The SMILES string of the molecule is CC(C)(C)c1ccc(Nc2ccc(-c3ccc(-c4ccccc4)c(Br)c3)c3c2oc2ccccc23)cc1. The van der Waals surface area contributed by atoms with Crippen molar-refractivity contribution in [3.63, 3.8) is 0 Å². The Morgan fingerprint density at radius 2 is 1.38 bits per heavy atom. The number of hydrogen-bond acceptors (Lipinski definition) is 2. The van der Waals surface area contributed by atoms with E-state index in [9.17, 15) is 0 Å². The molecule has 0 spiro atoms. The predicted octanol–water partition coefficient (Wildman–Crippen LogP) is 10.7. The molecule has 3 heteroatoms. The molecule has 6 aromatic rings. The summed E-state index contributed by atoms with van der Waals surface area (Å²) in [7, 11) is 0. The van der Waals surface area contributed by atoms with Gasteiger partial charge in [0.1, 0.15) is 5.58 Å². The largest absolute Gasteiger partial charge is 0.454 e. The van der Waals surface area contributed by atoms with Crippen LogP contribution in [-0.2, 0) is 5.41 Å². The van der Waals surface area contributed by atoms with Crippen LogP contribution in [0.4, 0.5) is 11.4 Å². The van der Waals surface area contributed by atoms with Crippen molar-refractivity contribution in [3.05, 3.63) is 119 Å². The summed E-state index contributed by atoms with van der Waals surface area (Å²) >= 11 is 3.83. The summed E-state index contributed by atoms with van der Waals surface area (Å²) in [6.07, 6.45) is 0. The molecular weight excluding hydrogens is 518 g/mol. The minimum atomic E-state index is 0.122. The summed E-state index contributed by atoms with van der Waals surface area (Å²) in [5.41, 5.74) is 9.83. The van der Waals surface area contributed by atoms with Crippen molar-refractivity contribution >= 4 is 49.2 Å². The zero-order valence-electron chi connectivity index (χ0n) is 21.2. The fourth-order valence-corrected chi connectivity index (χ4v) is 5.52. The minimum Gasteiger partial charge on any atom is -0.454 e. The smallest absolute Gasteiger partial charge is 0.159 e. The van der Waals surface area contributed by atoms with E-state index in [2.05, 4.69) is 133 Å². The lowest BCUT2D eigenvalue weighted by Crippen LogP contribution is -2.10. The van der Waals surface area contributed by atoms with Crippen LogP contribution in [0.5, 0.6) is 0 Å². The second-order valence-electron chi connectivity index (χ2n) is 10.5. The lowest BCUT2D eigenvalue weighted by Gasteiger charge is -2.19. The molecule has 2 nitrogen and oxygen atoms in total. The Labute approximate surface area is 226 Å². The molecule has 0 saturated carbocycles. The Balaban J connectivity index is 1.46. The highest BCUT2D eigenvalue weighted by Gasteiger charge is 2.18. The van der Waals surface area contributed by atoms with Crippen LogP contribution >= 0.6 is 15.9 Å². The van der Waals surface area contributed by atoms with Gasteiger partial charge in [-0.25, -0.2) is 0 Å². The fourth-order valence-electron chi connectivity index (χ4n) is 4.91. The molecule has 0 atom stereocenters. The normalized spacial score (nSPS) is 11.8. The van der Waals surface area contributed by atoms with E-state index in [0.29, 0.717) is 0 Å². The third-order valence-electron chi connectivity index (χ3n) is 6.92. The average molecular weight is 547 g/mol. The van der Waals surface area contributed by atoms with Gasteiger partial charge in [-0.1, -0.05) is 116 Å². The van der Waals surface area contributed by atoms with Gasteiger partial charge in [-0.3, -0.25) is 0 Å². The number of furan rings is 1. The lowest BCUT2D eigenvalue weighted by molar-refractivity contribution is 0.590. The number of benzene rings is 5. The van der Waals surface area contributed by atoms with Crippen LogP contribution in [0.25, 0.3) is 44.2 Å². The van der Waals surface area contributed by atoms with Crippen molar-refractivity contribution in [1.82, 2.24) is 0 Å². The van der Waals surface area contributed by atoms with Crippen molar-refractivity contribution in [2.24, 2.45) is 0 Å². The molecule has 6 rings (SSSR count). The summed E-state index contributed by atoms with van der Waals surface area (Å²) in [6, 6.07) is 38.3. The van der Waals surface area contributed by atoms with Gasteiger partial charge in [-0.05, 0) is 63.6 Å². The first-order valence-corrected chi connectivity index (χ1v) is 13.3. The van der Waals surface area contributed by atoms with Gasteiger partial charge in [0.25, 0.3) is 0 Å². The highest BCUT2D eigenvalue weighted by molar-refractivity contribution is 9.10. The molecule has 0 aliphatic rings. The average Bonchev–Trinajstić information content (AvgIpc) is 3.29. The van der Waals surface area contributed by atoms with Crippen LogP contribution in [0.1, 0.15) is 26.3 Å². The molecule has 37 heavy (non-hydrogen) atoms. The van der Waals surface area contributed by atoms with E-state index in [-0.39, 0.29) is 5.41 Å². The van der Waals surface area contributed by atoms with Gasteiger partial charge < -0.3 is 9.73 Å². The van der Waals surface area contributed by atoms with Gasteiger partial charge >= 0.3 is 0 Å². The van der Waals surface area contributed by atoms with Crippen molar-refractivity contribution in [3.8, 4) is 22.3 Å². The van der Waals surface area contributed by atoms with Gasteiger partial charge in [-0.2, -0.15) is 0 Å². The number of hydrogen-bond donors (Lipinski definition) is 1. The van der Waals surface area contributed by atoms with Crippen LogP contribution in [0.15, 0.2) is 118 Å². The Morgan fingerprint density at radius 3 is 2.11 bits per heavy atom. The maximum Gasteiger partial charge on any atom is 0.159 e. The number of fused-ring (bicyclic) bond motifs is 3. The first-order valence-electron chi connectivity index (χ1n) is 12.6. The number of nitrogens with one attached hydrogen (secondary N) is 1. The molecule has 1 heterocycles. The molecule has 5 aromatic carbocycles. The molecule has 0 fully saturated rings. The molecule has 1 aromatic heterocycles. The summed E-state index contributed by atoms with van der Waals surface area (Å²) in [6.45, 7) is 6.70. The first-order chi connectivity index (χ1) is 17.9. The molecule has 0 amide bonds. The zero-order valence-corrected chi connectivity index (χ0v) is 22.8. The predicted molar refractivity (Wildman–Crippen MR) is 161 cm³/mol. The maximum atomic E-state index is 6.44. The van der Waals surface area contributed by atoms with E-state index in [1.807, 2.05) is 18.2 Å². The summed E-state index contributed by atoms with van der Waals surface area (Å²) in [5.74, 6) is 0. The Hall–Kier alpha value is -3.82. The number of rotatable bonds is 4. The van der Waals surface area contributed by atoms with E-state index in [4.69, 9.17) is 4.42 Å². The van der Waals surface area contributed by atoms with E-state index >= 15 is 0 Å². The van der Waals surface area contributed by atoms with E-state index < -0.39 is 0 Å². The summed E-state index contributed by atoms with van der Waals surface area (Å²) in [4.78, 5) is 0. The zero-order chi connectivity index (χ0) is 25.6. The van der Waals surface area contributed by atoms with Gasteiger partial charge in [0.2, 0.25) is 0 Å². The molecule has 1 N–H and O–H groups in total. The van der Waals surface area contributed by atoms with Gasteiger partial charge in [0, 0.05) is 20.9 Å². The quantitative estimate of drug-likeness (QED) is 0.238. The molecule has 0 unspecified atom stereocenters. The van der Waals surface area contributed by atoms with Crippen LogP contribution in [0.2, 0.25) is 0 Å². The molecule has 182 valence electrons. The van der Waals surface area contributed by atoms with E-state index in [0.717, 1.165) is 48.9 Å². The van der Waals surface area contributed by atoms with E-state index in [1.54, 1.807) is 0 Å². The molecule has 0 saturated heterocycles. The maximum absolute atomic E-state index is 6.44. The van der Waals surface area contributed by atoms with Crippen molar-refractivity contribution in [2.45, 2.75) is 26.2 Å². The van der Waals surface area contributed by atoms with Crippen LogP contribution in [-0.4, -0.2) is 0 Å². The van der Waals surface area contributed by atoms with Crippen molar-refractivity contribution in [1.29, 1.82) is 0 Å². The van der Waals surface area contributed by atoms with E-state index in [1.165, 1.54) is 16.7 Å². The Morgan fingerprint density at radius 1 is 0.676 bits per heavy atom. The Bertz CT molecular complexity index is 1720. The molecule has 0 aliphatic carbocycles. The van der Waals surface area contributed by atoms with Gasteiger partial charge in [0.15, 0.2) is 5.58 Å². The fraction of sp³-hybridized carbons (Fsp3) is 0.118.